The number of sulfonamides is 1. The van der Waals surface area contributed by atoms with Crippen LogP contribution >= 0.6 is 11.8 Å². The van der Waals surface area contributed by atoms with Crippen molar-refractivity contribution in [2.75, 3.05) is 24.2 Å². The van der Waals surface area contributed by atoms with E-state index in [1.807, 2.05) is 17.8 Å². The summed E-state index contributed by atoms with van der Waals surface area (Å²) in [4.78, 5) is 16.7. The Bertz CT molecular complexity index is 918. The standard InChI is InChI=1S/C18H24N4O3S2/c1-14-6-7-15(20-17(23)13-26-18-19-8-11-21(18)2)12-16(14)27(24,25)22-9-4-3-5-10-22/h6-8,11-12H,3-5,9-10,13H2,1-2H3,(H,20,23). The normalized spacial score (nSPS) is 15.6. The summed E-state index contributed by atoms with van der Waals surface area (Å²) in [6.45, 7) is 2.89. The molecule has 146 valence electrons. The Morgan fingerprint density at radius 2 is 2.00 bits per heavy atom. The maximum atomic E-state index is 13.0. The molecule has 0 spiro atoms. The van der Waals surface area contributed by atoms with Crippen molar-refractivity contribution >= 4 is 33.4 Å². The van der Waals surface area contributed by atoms with E-state index in [0.29, 0.717) is 24.3 Å². The fraction of sp³-hybridized carbons (Fsp3) is 0.444. The zero-order valence-electron chi connectivity index (χ0n) is 15.5. The van der Waals surface area contributed by atoms with E-state index in [1.165, 1.54) is 11.8 Å². The first-order valence-electron chi connectivity index (χ1n) is 8.89. The molecule has 1 aromatic heterocycles. The molecule has 2 aromatic rings. The third-order valence-corrected chi connectivity index (χ3v) is 7.61. The molecule has 0 bridgehead atoms. The number of imidazole rings is 1. The minimum atomic E-state index is -3.54. The molecule has 27 heavy (non-hydrogen) atoms. The number of anilines is 1. The summed E-state index contributed by atoms with van der Waals surface area (Å²) < 4.78 is 29.3. The fourth-order valence-electron chi connectivity index (χ4n) is 3.02. The zero-order valence-corrected chi connectivity index (χ0v) is 17.1. The highest BCUT2D eigenvalue weighted by Gasteiger charge is 2.27. The quantitative estimate of drug-likeness (QED) is 0.743. The van der Waals surface area contributed by atoms with Crippen LogP contribution in [0.15, 0.2) is 40.6 Å². The average molecular weight is 409 g/mol. The lowest BCUT2D eigenvalue weighted by Gasteiger charge is -2.26. The average Bonchev–Trinajstić information content (AvgIpc) is 3.07. The van der Waals surface area contributed by atoms with E-state index < -0.39 is 10.0 Å². The van der Waals surface area contributed by atoms with Crippen molar-refractivity contribution in [2.45, 2.75) is 36.2 Å². The van der Waals surface area contributed by atoms with Crippen LogP contribution in [0.3, 0.4) is 0 Å². The number of aromatic nitrogens is 2. The number of rotatable bonds is 6. The second kappa shape index (κ2) is 8.45. The lowest BCUT2D eigenvalue weighted by atomic mass is 10.2. The Kier molecular flexibility index (Phi) is 6.23. The summed E-state index contributed by atoms with van der Waals surface area (Å²) in [5.41, 5.74) is 1.17. The third-order valence-electron chi connectivity index (χ3n) is 4.51. The van der Waals surface area contributed by atoms with Crippen LogP contribution in [0, 0.1) is 6.92 Å². The van der Waals surface area contributed by atoms with Crippen molar-refractivity contribution in [3.63, 3.8) is 0 Å². The monoisotopic (exact) mass is 408 g/mol. The number of carbonyl (C=O) groups excluding carboxylic acids is 1. The molecule has 3 rings (SSSR count). The number of carbonyl (C=O) groups is 1. The van der Waals surface area contributed by atoms with Crippen molar-refractivity contribution in [2.24, 2.45) is 7.05 Å². The smallest absolute Gasteiger partial charge is 0.243 e. The van der Waals surface area contributed by atoms with Crippen LogP contribution in [0.4, 0.5) is 5.69 Å². The zero-order chi connectivity index (χ0) is 19.4. The van der Waals surface area contributed by atoms with E-state index in [9.17, 15) is 13.2 Å². The van der Waals surface area contributed by atoms with Crippen molar-refractivity contribution < 1.29 is 13.2 Å². The van der Waals surface area contributed by atoms with Gasteiger partial charge in [0.25, 0.3) is 0 Å². The highest BCUT2D eigenvalue weighted by Crippen LogP contribution is 2.26. The van der Waals surface area contributed by atoms with Gasteiger partial charge in [-0.1, -0.05) is 24.2 Å². The second-order valence-electron chi connectivity index (χ2n) is 6.60. The minimum absolute atomic E-state index is 0.201. The topological polar surface area (TPSA) is 84.3 Å². The molecule has 0 saturated carbocycles. The Labute approximate surface area is 164 Å². The molecule has 1 aliphatic rings. The number of hydrogen-bond donors (Lipinski definition) is 1. The predicted octanol–water partition coefficient (Wildman–Crippen LogP) is 2.63. The lowest BCUT2D eigenvalue weighted by molar-refractivity contribution is -0.113. The second-order valence-corrected chi connectivity index (χ2v) is 9.45. The summed E-state index contributed by atoms with van der Waals surface area (Å²) >= 11 is 1.33. The fourth-order valence-corrected chi connectivity index (χ4v) is 5.52. The van der Waals surface area contributed by atoms with Crippen molar-refractivity contribution in [1.82, 2.24) is 13.9 Å². The van der Waals surface area contributed by atoms with E-state index in [1.54, 1.807) is 35.6 Å². The molecular formula is C18H24N4O3S2. The number of nitrogens with one attached hydrogen (secondary N) is 1. The Hall–Kier alpha value is -1.84. The van der Waals surface area contributed by atoms with E-state index in [4.69, 9.17) is 0 Å². The van der Waals surface area contributed by atoms with Gasteiger partial charge in [-0.2, -0.15) is 4.31 Å². The summed E-state index contributed by atoms with van der Waals surface area (Å²) in [7, 11) is -1.67. The molecule has 1 saturated heterocycles. The van der Waals surface area contributed by atoms with E-state index in [2.05, 4.69) is 10.3 Å². The SMILES string of the molecule is Cc1ccc(NC(=O)CSc2nccn2C)cc1S(=O)(=O)N1CCCCC1. The van der Waals surface area contributed by atoms with Crippen LogP contribution in [0.25, 0.3) is 0 Å². The van der Waals surface area contributed by atoms with Crippen molar-refractivity contribution in [1.29, 1.82) is 0 Å². The van der Waals surface area contributed by atoms with Gasteiger partial charge >= 0.3 is 0 Å². The van der Waals surface area contributed by atoms with Crippen LogP contribution in [-0.2, 0) is 21.9 Å². The minimum Gasteiger partial charge on any atom is -0.329 e. The van der Waals surface area contributed by atoms with Crippen LogP contribution in [-0.4, -0.2) is 47.0 Å². The van der Waals surface area contributed by atoms with Gasteiger partial charge in [0.05, 0.1) is 10.6 Å². The van der Waals surface area contributed by atoms with Gasteiger partial charge in [0.1, 0.15) is 0 Å². The van der Waals surface area contributed by atoms with Gasteiger partial charge in [0.15, 0.2) is 5.16 Å². The van der Waals surface area contributed by atoms with Gasteiger partial charge in [0, 0.05) is 38.2 Å². The molecule has 1 aliphatic heterocycles. The van der Waals surface area contributed by atoms with Crippen molar-refractivity contribution in [3.05, 3.63) is 36.2 Å². The molecule has 1 N–H and O–H groups in total. The summed E-state index contributed by atoms with van der Waals surface area (Å²) in [5, 5.41) is 3.54. The molecule has 1 amide bonds. The van der Waals surface area contributed by atoms with Crippen LogP contribution in [0.5, 0.6) is 0 Å². The number of aryl methyl sites for hydroxylation is 2. The van der Waals surface area contributed by atoms with Crippen molar-refractivity contribution in [3.8, 4) is 0 Å². The summed E-state index contributed by atoms with van der Waals surface area (Å²) in [5.74, 6) is 0.000562. The van der Waals surface area contributed by atoms with E-state index >= 15 is 0 Å². The number of benzene rings is 1. The molecule has 0 aliphatic carbocycles. The van der Waals surface area contributed by atoms with Gasteiger partial charge in [0.2, 0.25) is 15.9 Å². The molecule has 9 heteroatoms. The number of piperidine rings is 1. The Balaban J connectivity index is 1.71. The van der Waals surface area contributed by atoms with Gasteiger partial charge in [-0.3, -0.25) is 4.79 Å². The lowest BCUT2D eigenvalue weighted by Crippen LogP contribution is -2.36. The molecule has 1 aromatic carbocycles. The van der Waals surface area contributed by atoms with Gasteiger partial charge in [-0.05, 0) is 37.5 Å². The first kappa shape index (κ1) is 19.9. The van der Waals surface area contributed by atoms with Crippen LogP contribution in [0.1, 0.15) is 24.8 Å². The highest BCUT2D eigenvalue weighted by atomic mass is 32.2. The molecule has 0 unspecified atom stereocenters. The molecular weight excluding hydrogens is 384 g/mol. The maximum Gasteiger partial charge on any atom is 0.243 e. The molecule has 2 heterocycles. The summed E-state index contributed by atoms with van der Waals surface area (Å²) in [6, 6.07) is 5.02. The Morgan fingerprint density at radius 1 is 1.26 bits per heavy atom. The highest BCUT2D eigenvalue weighted by molar-refractivity contribution is 7.99. The molecule has 7 nitrogen and oxygen atoms in total. The molecule has 0 radical (unpaired) electrons. The predicted molar refractivity (Wildman–Crippen MR) is 106 cm³/mol. The third kappa shape index (κ3) is 4.72. The van der Waals surface area contributed by atoms with Crippen LogP contribution < -0.4 is 5.32 Å². The summed E-state index contributed by atoms with van der Waals surface area (Å²) in [6.07, 6.45) is 6.34. The first-order chi connectivity index (χ1) is 12.9. The number of nitrogens with zero attached hydrogens (tertiary/aromatic N) is 3. The largest absolute Gasteiger partial charge is 0.329 e. The molecule has 0 atom stereocenters. The first-order valence-corrected chi connectivity index (χ1v) is 11.3. The Morgan fingerprint density at radius 3 is 2.67 bits per heavy atom. The molecule has 1 fully saturated rings. The van der Waals surface area contributed by atoms with Gasteiger partial charge in [-0.25, -0.2) is 13.4 Å². The maximum absolute atomic E-state index is 13.0. The number of thioether (sulfide) groups is 1. The number of amides is 1. The number of hydrogen-bond acceptors (Lipinski definition) is 5. The van der Waals surface area contributed by atoms with Crippen LogP contribution in [0.2, 0.25) is 0 Å². The van der Waals surface area contributed by atoms with E-state index in [-0.39, 0.29) is 16.6 Å². The van der Waals surface area contributed by atoms with Gasteiger partial charge < -0.3 is 9.88 Å². The van der Waals surface area contributed by atoms with E-state index in [0.717, 1.165) is 24.4 Å². The van der Waals surface area contributed by atoms with Gasteiger partial charge in [-0.15, -0.1) is 0 Å².